The molecule has 2 aromatic carbocycles. The molecule has 0 amide bonds. The van der Waals surface area contributed by atoms with Crippen LogP contribution < -0.4 is 0 Å². The quantitative estimate of drug-likeness (QED) is 0.447. The summed E-state index contributed by atoms with van der Waals surface area (Å²) in [6, 6.07) is 17.4. The highest BCUT2D eigenvalue weighted by molar-refractivity contribution is 7.10. The maximum atomic E-state index is 8.87. The zero-order valence-electron chi connectivity index (χ0n) is 14.7. The molecule has 2 aromatic heterocycles. The Balaban J connectivity index is 0.00000225. The Morgan fingerprint density at radius 2 is 1.93 bits per heavy atom. The van der Waals surface area contributed by atoms with Crippen LogP contribution in [-0.2, 0) is 12.8 Å². The summed E-state index contributed by atoms with van der Waals surface area (Å²) in [6.45, 7) is 0. The van der Waals surface area contributed by atoms with E-state index in [0.717, 1.165) is 33.3 Å². The highest BCUT2D eigenvalue weighted by Crippen LogP contribution is 2.25. The van der Waals surface area contributed by atoms with Gasteiger partial charge in [0.25, 0.3) is 0 Å². The topological polar surface area (TPSA) is 65.4 Å². The maximum Gasteiger partial charge on any atom is 0.110 e. The van der Waals surface area contributed by atoms with E-state index >= 15 is 0 Å². The van der Waals surface area contributed by atoms with Crippen molar-refractivity contribution in [2.75, 3.05) is 0 Å². The van der Waals surface area contributed by atoms with E-state index in [4.69, 9.17) is 21.8 Å². The molecule has 2 heterocycles. The van der Waals surface area contributed by atoms with E-state index < -0.39 is 0 Å². The molecule has 0 fully saturated rings. The zero-order chi connectivity index (χ0) is 18.6. The molecular weight excluding hydrogens is 411 g/mol. The summed E-state index contributed by atoms with van der Waals surface area (Å²) in [5, 5.41) is 12.7. The fourth-order valence-corrected chi connectivity index (χ4v) is 3.83. The summed E-state index contributed by atoms with van der Waals surface area (Å²) < 4.78 is 0. The van der Waals surface area contributed by atoms with Crippen LogP contribution in [0.25, 0.3) is 11.3 Å². The molecule has 0 aliphatic heterocycles. The van der Waals surface area contributed by atoms with Crippen LogP contribution in [0.4, 0.5) is 0 Å². The minimum Gasteiger partial charge on any atom is -0.345 e. The molecule has 0 aliphatic rings. The van der Waals surface area contributed by atoms with Gasteiger partial charge in [-0.2, -0.15) is 5.26 Å². The van der Waals surface area contributed by atoms with Gasteiger partial charge >= 0.3 is 0 Å². The van der Waals surface area contributed by atoms with Gasteiger partial charge < -0.3 is 4.98 Å². The summed E-state index contributed by atoms with van der Waals surface area (Å²) in [5.74, 6) is 0.904. The summed E-state index contributed by atoms with van der Waals surface area (Å²) in [7, 11) is 0. The van der Waals surface area contributed by atoms with E-state index in [0.29, 0.717) is 23.4 Å². The van der Waals surface area contributed by atoms with Crippen LogP contribution in [0.15, 0.2) is 60.1 Å². The largest absolute Gasteiger partial charge is 0.345 e. The molecule has 28 heavy (non-hydrogen) atoms. The number of nitriles is 1. The molecule has 0 unspecified atom stereocenters. The molecule has 4 aromatic rings. The highest BCUT2D eigenvalue weighted by atomic mass is 35.5. The van der Waals surface area contributed by atoms with Crippen LogP contribution in [0.2, 0.25) is 5.02 Å². The number of benzene rings is 2. The van der Waals surface area contributed by atoms with Crippen molar-refractivity contribution >= 4 is 35.3 Å². The van der Waals surface area contributed by atoms with E-state index in [-0.39, 0.29) is 12.4 Å². The van der Waals surface area contributed by atoms with Crippen molar-refractivity contribution in [3.05, 3.63) is 92.8 Å². The Labute approximate surface area is 178 Å². The first-order valence-electron chi connectivity index (χ1n) is 8.42. The lowest BCUT2D eigenvalue weighted by Gasteiger charge is -1.99. The van der Waals surface area contributed by atoms with Crippen molar-refractivity contribution in [2.45, 2.75) is 12.8 Å². The first-order valence-corrected chi connectivity index (χ1v) is 9.67. The Morgan fingerprint density at radius 1 is 1.11 bits per heavy atom. The van der Waals surface area contributed by atoms with E-state index in [1.165, 1.54) is 0 Å². The van der Waals surface area contributed by atoms with E-state index in [9.17, 15) is 0 Å². The van der Waals surface area contributed by atoms with Crippen LogP contribution in [0.3, 0.4) is 0 Å². The number of hydrogen-bond acceptors (Lipinski definition) is 4. The molecule has 0 radical (unpaired) electrons. The summed E-state index contributed by atoms with van der Waals surface area (Å²) in [5.41, 5.74) is 4.78. The minimum absolute atomic E-state index is 0. The molecule has 0 saturated carbocycles. The van der Waals surface area contributed by atoms with E-state index in [2.05, 4.69) is 21.4 Å². The number of aromatic nitrogens is 3. The van der Waals surface area contributed by atoms with Gasteiger partial charge in [0.1, 0.15) is 5.82 Å². The number of aromatic amines is 1. The van der Waals surface area contributed by atoms with Crippen LogP contribution in [0.1, 0.15) is 27.7 Å². The van der Waals surface area contributed by atoms with Crippen LogP contribution in [-0.4, -0.2) is 15.0 Å². The molecule has 0 aliphatic carbocycles. The first kappa shape index (κ1) is 20.1. The molecule has 0 atom stereocenters. The van der Waals surface area contributed by atoms with Crippen molar-refractivity contribution < 1.29 is 0 Å². The average molecular weight is 427 g/mol. The SMILES string of the molecule is Cl.N#Cc1ccc(Cc2ncc(Cc3nc(-c4cccc(Cl)c4)cs3)[nH]2)cc1. The first-order chi connectivity index (χ1) is 13.2. The van der Waals surface area contributed by atoms with Crippen molar-refractivity contribution in [3.8, 4) is 17.3 Å². The number of thiazole rings is 1. The molecule has 7 heteroatoms. The minimum atomic E-state index is 0. The zero-order valence-corrected chi connectivity index (χ0v) is 17.1. The number of nitrogens with zero attached hydrogens (tertiary/aromatic N) is 3. The Bertz CT molecular complexity index is 1110. The molecular formula is C21H16Cl2N4S. The van der Waals surface area contributed by atoms with Crippen LogP contribution in [0, 0.1) is 11.3 Å². The number of halogens is 2. The third-order valence-corrected chi connectivity index (χ3v) is 5.23. The number of hydrogen-bond donors (Lipinski definition) is 1. The van der Waals surface area contributed by atoms with Crippen LogP contribution >= 0.6 is 35.3 Å². The van der Waals surface area contributed by atoms with E-state index in [1.807, 2.05) is 54.7 Å². The third-order valence-electron chi connectivity index (χ3n) is 4.15. The number of nitrogens with one attached hydrogen (secondary N) is 1. The fraction of sp³-hybridized carbons (Fsp3) is 0.0952. The van der Waals surface area contributed by atoms with Crippen molar-refractivity contribution in [1.82, 2.24) is 15.0 Å². The van der Waals surface area contributed by atoms with Gasteiger partial charge in [0, 0.05) is 40.7 Å². The smallest absolute Gasteiger partial charge is 0.110 e. The highest BCUT2D eigenvalue weighted by Gasteiger charge is 2.08. The van der Waals surface area contributed by atoms with Crippen molar-refractivity contribution in [2.24, 2.45) is 0 Å². The molecule has 140 valence electrons. The number of imidazole rings is 1. The van der Waals surface area contributed by atoms with Crippen molar-refractivity contribution in [3.63, 3.8) is 0 Å². The molecule has 4 nitrogen and oxygen atoms in total. The molecule has 4 rings (SSSR count). The lowest BCUT2D eigenvalue weighted by molar-refractivity contribution is 0.995. The predicted octanol–water partition coefficient (Wildman–Crippen LogP) is 5.66. The second-order valence-corrected chi connectivity index (χ2v) is 7.53. The summed E-state index contributed by atoms with van der Waals surface area (Å²) in [4.78, 5) is 12.5. The van der Waals surface area contributed by atoms with E-state index in [1.54, 1.807) is 11.3 Å². The Morgan fingerprint density at radius 3 is 2.68 bits per heavy atom. The van der Waals surface area contributed by atoms with Gasteiger partial charge in [-0.05, 0) is 29.8 Å². The van der Waals surface area contributed by atoms with Gasteiger partial charge in [-0.15, -0.1) is 23.7 Å². The number of H-pyrrole nitrogens is 1. The normalized spacial score (nSPS) is 10.3. The average Bonchev–Trinajstić information content (AvgIpc) is 3.32. The summed E-state index contributed by atoms with van der Waals surface area (Å²) in [6.07, 6.45) is 3.28. The Kier molecular flexibility index (Phi) is 6.48. The molecule has 0 bridgehead atoms. The summed E-state index contributed by atoms with van der Waals surface area (Å²) >= 11 is 7.69. The second-order valence-electron chi connectivity index (χ2n) is 6.15. The molecule has 1 N–H and O–H groups in total. The van der Waals surface area contributed by atoms with Gasteiger partial charge in [0.05, 0.1) is 22.3 Å². The fourth-order valence-electron chi connectivity index (χ4n) is 2.81. The molecule has 0 saturated heterocycles. The number of rotatable bonds is 5. The van der Waals surface area contributed by atoms with Gasteiger partial charge in [0.15, 0.2) is 0 Å². The van der Waals surface area contributed by atoms with Gasteiger partial charge in [-0.25, -0.2) is 9.97 Å². The Hall–Kier alpha value is -2.65. The van der Waals surface area contributed by atoms with Gasteiger partial charge in [0.2, 0.25) is 0 Å². The standard InChI is InChI=1S/C21H15ClN4S.ClH/c22-17-3-1-2-16(9-17)19-13-27-21(26-19)10-18-12-24-20(25-18)8-14-4-6-15(11-23)7-5-14;/h1-7,9,12-13H,8,10H2,(H,24,25);1H. The second kappa shape index (κ2) is 9.03. The lowest BCUT2D eigenvalue weighted by Crippen LogP contribution is -1.92. The van der Waals surface area contributed by atoms with Gasteiger partial charge in [-0.1, -0.05) is 35.9 Å². The van der Waals surface area contributed by atoms with Crippen LogP contribution in [0.5, 0.6) is 0 Å². The van der Waals surface area contributed by atoms with Gasteiger partial charge in [-0.3, -0.25) is 0 Å². The van der Waals surface area contributed by atoms with Crippen molar-refractivity contribution in [1.29, 1.82) is 5.26 Å². The lowest BCUT2D eigenvalue weighted by atomic mass is 10.1. The predicted molar refractivity (Wildman–Crippen MR) is 115 cm³/mol. The molecule has 0 spiro atoms. The maximum absolute atomic E-state index is 8.87. The third kappa shape index (κ3) is 4.79. The monoisotopic (exact) mass is 426 g/mol.